The van der Waals surface area contributed by atoms with Crippen LogP contribution in [0.1, 0.15) is 19.8 Å². The average Bonchev–Trinajstić information content (AvgIpc) is 2.24. The Kier molecular flexibility index (Phi) is 5.35. The fourth-order valence-corrected chi connectivity index (χ4v) is 3.23. The third-order valence-electron chi connectivity index (χ3n) is 2.81. The van der Waals surface area contributed by atoms with Gasteiger partial charge in [0.05, 0.1) is 24.2 Å². The van der Waals surface area contributed by atoms with Crippen molar-refractivity contribution in [1.29, 1.82) is 0 Å². The largest absolute Gasteiger partial charge is 0.394 e. The van der Waals surface area contributed by atoms with E-state index < -0.39 is 9.84 Å². The van der Waals surface area contributed by atoms with Gasteiger partial charge in [-0.05, 0) is 6.42 Å². The van der Waals surface area contributed by atoms with Crippen molar-refractivity contribution < 1.29 is 18.3 Å². The van der Waals surface area contributed by atoms with Gasteiger partial charge in [0, 0.05) is 19.0 Å². The zero-order valence-electron chi connectivity index (χ0n) is 9.98. The molecule has 1 aliphatic rings. The molecule has 1 saturated heterocycles. The zero-order chi connectivity index (χ0) is 12.9. The summed E-state index contributed by atoms with van der Waals surface area (Å²) < 4.78 is 22.7. The van der Waals surface area contributed by atoms with E-state index in [0.29, 0.717) is 13.0 Å². The standard InChI is InChI=1S/C10H20N2O4S/c1-2-8(6-13)12-10(14)5-9-7-17(15,16)4-3-11-9/h8-9,11,13H,2-7H2,1H3,(H,12,14)/t8-,9?/m0/s1. The molecule has 0 aromatic carbocycles. The molecule has 1 rings (SSSR count). The lowest BCUT2D eigenvalue weighted by atomic mass is 10.2. The maximum absolute atomic E-state index is 11.6. The molecule has 7 heteroatoms. The van der Waals surface area contributed by atoms with Crippen molar-refractivity contribution in [2.75, 3.05) is 24.7 Å². The summed E-state index contributed by atoms with van der Waals surface area (Å²) in [4.78, 5) is 11.6. The van der Waals surface area contributed by atoms with Gasteiger partial charge in [0.2, 0.25) is 5.91 Å². The predicted octanol–water partition coefficient (Wildman–Crippen LogP) is -1.35. The fourth-order valence-electron chi connectivity index (χ4n) is 1.79. The molecule has 0 aromatic heterocycles. The van der Waals surface area contributed by atoms with Gasteiger partial charge in [-0.3, -0.25) is 4.79 Å². The van der Waals surface area contributed by atoms with Crippen LogP contribution in [0, 0.1) is 0 Å². The highest BCUT2D eigenvalue weighted by molar-refractivity contribution is 7.91. The van der Waals surface area contributed by atoms with Gasteiger partial charge in [-0.25, -0.2) is 8.42 Å². The van der Waals surface area contributed by atoms with E-state index in [2.05, 4.69) is 10.6 Å². The number of hydrogen-bond acceptors (Lipinski definition) is 5. The predicted molar refractivity (Wildman–Crippen MR) is 64.4 cm³/mol. The number of aliphatic hydroxyl groups excluding tert-OH is 1. The van der Waals surface area contributed by atoms with Crippen LogP contribution in [0.4, 0.5) is 0 Å². The van der Waals surface area contributed by atoms with Gasteiger partial charge >= 0.3 is 0 Å². The molecule has 0 spiro atoms. The van der Waals surface area contributed by atoms with E-state index >= 15 is 0 Å². The van der Waals surface area contributed by atoms with Gasteiger partial charge in [-0.1, -0.05) is 6.92 Å². The Morgan fingerprint density at radius 2 is 2.29 bits per heavy atom. The summed E-state index contributed by atoms with van der Waals surface area (Å²) >= 11 is 0. The van der Waals surface area contributed by atoms with Crippen molar-refractivity contribution in [3.63, 3.8) is 0 Å². The molecule has 3 N–H and O–H groups in total. The molecule has 0 saturated carbocycles. The summed E-state index contributed by atoms with van der Waals surface area (Å²) in [6.45, 7) is 2.17. The first-order valence-corrected chi connectivity index (χ1v) is 7.63. The van der Waals surface area contributed by atoms with Crippen molar-refractivity contribution >= 4 is 15.7 Å². The lowest BCUT2D eigenvalue weighted by molar-refractivity contribution is -0.122. The summed E-state index contributed by atoms with van der Waals surface area (Å²) in [5, 5.41) is 14.6. The van der Waals surface area contributed by atoms with Crippen molar-refractivity contribution in [1.82, 2.24) is 10.6 Å². The molecule has 1 fully saturated rings. The lowest BCUT2D eigenvalue weighted by Crippen LogP contribution is -2.48. The minimum absolute atomic E-state index is 0.0103. The molecule has 6 nitrogen and oxygen atoms in total. The second-order valence-electron chi connectivity index (χ2n) is 4.32. The van der Waals surface area contributed by atoms with Gasteiger partial charge in [0.25, 0.3) is 0 Å². The van der Waals surface area contributed by atoms with Crippen LogP contribution in [0.5, 0.6) is 0 Å². The van der Waals surface area contributed by atoms with Gasteiger partial charge in [0.15, 0.2) is 9.84 Å². The van der Waals surface area contributed by atoms with Gasteiger partial charge in [0.1, 0.15) is 0 Å². The highest BCUT2D eigenvalue weighted by atomic mass is 32.2. The van der Waals surface area contributed by atoms with E-state index in [1.54, 1.807) is 0 Å². The van der Waals surface area contributed by atoms with Crippen LogP contribution < -0.4 is 10.6 Å². The van der Waals surface area contributed by atoms with Crippen LogP contribution in [-0.2, 0) is 14.6 Å². The quantitative estimate of drug-likeness (QED) is 0.570. The molecule has 17 heavy (non-hydrogen) atoms. The topological polar surface area (TPSA) is 95.5 Å². The van der Waals surface area contributed by atoms with Gasteiger partial charge < -0.3 is 15.7 Å². The van der Waals surface area contributed by atoms with E-state index in [9.17, 15) is 13.2 Å². The molecule has 1 amide bonds. The number of nitrogens with one attached hydrogen (secondary N) is 2. The maximum atomic E-state index is 11.6. The average molecular weight is 264 g/mol. The molecule has 100 valence electrons. The Hall–Kier alpha value is -0.660. The van der Waals surface area contributed by atoms with E-state index in [1.165, 1.54) is 0 Å². The molecule has 0 bridgehead atoms. The Bertz CT molecular complexity index is 351. The molecular formula is C10H20N2O4S. The number of aliphatic hydroxyl groups is 1. The van der Waals surface area contributed by atoms with Gasteiger partial charge in [-0.2, -0.15) is 0 Å². The van der Waals surface area contributed by atoms with Crippen LogP contribution in [0.15, 0.2) is 0 Å². The number of hydrogen-bond donors (Lipinski definition) is 3. The summed E-state index contributed by atoms with van der Waals surface area (Å²) in [5.74, 6) is -0.0733. The Morgan fingerprint density at radius 3 is 2.82 bits per heavy atom. The van der Waals surface area contributed by atoms with Crippen LogP contribution >= 0.6 is 0 Å². The van der Waals surface area contributed by atoms with Crippen LogP contribution in [0.2, 0.25) is 0 Å². The van der Waals surface area contributed by atoms with Crippen molar-refractivity contribution in [3.8, 4) is 0 Å². The third kappa shape index (κ3) is 5.01. The summed E-state index contributed by atoms with van der Waals surface area (Å²) in [5.41, 5.74) is 0. The first-order chi connectivity index (χ1) is 7.96. The van der Waals surface area contributed by atoms with E-state index in [1.807, 2.05) is 6.92 Å². The lowest BCUT2D eigenvalue weighted by Gasteiger charge is -2.24. The van der Waals surface area contributed by atoms with Crippen molar-refractivity contribution in [2.24, 2.45) is 0 Å². The molecule has 2 atom stereocenters. The number of carbonyl (C=O) groups is 1. The monoisotopic (exact) mass is 264 g/mol. The highest BCUT2D eigenvalue weighted by Crippen LogP contribution is 2.05. The number of rotatable bonds is 5. The van der Waals surface area contributed by atoms with Crippen LogP contribution in [-0.4, -0.2) is 56.2 Å². The molecule has 1 unspecified atom stereocenters. The Balaban J connectivity index is 2.40. The fraction of sp³-hybridized carbons (Fsp3) is 0.900. The second-order valence-corrected chi connectivity index (χ2v) is 6.55. The first kappa shape index (κ1) is 14.4. The molecular weight excluding hydrogens is 244 g/mol. The highest BCUT2D eigenvalue weighted by Gasteiger charge is 2.26. The molecule has 0 radical (unpaired) electrons. The van der Waals surface area contributed by atoms with E-state index in [4.69, 9.17) is 5.11 Å². The summed E-state index contributed by atoms with van der Waals surface area (Å²) in [6.07, 6.45) is 0.786. The smallest absolute Gasteiger partial charge is 0.221 e. The van der Waals surface area contributed by atoms with Crippen LogP contribution in [0.3, 0.4) is 0 Å². The minimum atomic E-state index is -3.01. The van der Waals surface area contributed by atoms with Crippen molar-refractivity contribution in [2.45, 2.75) is 31.8 Å². The Morgan fingerprint density at radius 1 is 1.59 bits per heavy atom. The van der Waals surface area contributed by atoms with E-state index in [-0.39, 0.29) is 42.5 Å². The normalized spacial score (nSPS) is 25.2. The molecule has 0 aliphatic carbocycles. The summed E-state index contributed by atoms with van der Waals surface area (Å²) in [7, 11) is -3.01. The van der Waals surface area contributed by atoms with E-state index in [0.717, 1.165) is 0 Å². The summed E-state index contributed by atoms with van der Waals surface area (Å²) in [6, 6.07) is -0.562. The number of amides is 1. The minimum Gasteiger partial charge on any atom is -0.394 e. The van der Waals surface area contributed by atoms with Gasteiger partial charge in [-0.15, -0.1) is 0 Å². The second kappa shape index (κ2) is 6.32. The number of carbonyl (C=O) groups excluding carboxylic acids is 1. The van der Waals surface area contributed by atoms with Crippen LogP contribution in [0.25, 0.3) is 0 Å². The SMILES string of the molecule is CC[C@@H](CO)NC(=O)CC1CS(=O)(=O)CCN1. The number of sulfone groups is 1. The molecule has 0 aromatic rings. The first-order valence-electron chi connectivity index (χ1n) is 5.81. The van der Waals surface area contributed by atoms with Crippen molar-refractivity contribution in [3.05, 3.63) is 0 Å². The molecule has 1 heterocycles. The Labute approximate surface area is 102 Å². The maximum Gasteiger partial charge on any atom is 0.221 e. The zero-order valence-corrected chi connectivity index (χ0v) is 10.8. The molecule has 1 aliphatic heterocycles. The third-order valence-corrected chi connectivity index (χ3v) is 4.55.